The first-order chi connectivity index (χ1) is 21.2. The molecule has 43 heavy (non-hydrogen) atoms. The Bertz CT molecular complexity index is 521. The quantitative estimate of drug-likeness (QED) is 0.0621. The van der Waals surface area contributed by atoms with E-state index in [1.807, 2.05) is 0 Å². The zero-order valence-electron chi connectivity index (χ0n) is 29.4. The highest BCUT2D eigenvalue weighted by molar-refractivity contribution is 5.76. The van der Waals surface area contributed by atoms with Crippen molar-refractivity contribution in [2.45, 2.75) is 206 Å². The molecule has 0 aliphatic rings. The molecule has 256 valence electrons. The fourth-order valence-corrected chi connectivity index (χ4v) is 5.79. The zero-order valence-corrected chi connectivity index (χ0v) is 29.4. The van der Waals surface area contributed by atoms with Gasteiger partial charge >= 0.3 is 0 Å². The highest BCUT2D eigenvalue weighted by Crippen LogP contribution is 2.14. The molecule has 0 fully saturated rings. The summed E-state index contributed by atoms with van der Waals surface area (Å²) in [5.74, 6) is 0.406. The van der Waals surface area contributed by atoms with Crippen LogP contribution in [0.3, 0.4) is 0 Å². The number of amides is 2. The van der Waals surface area contributed by atoms with Crippen LogP contribution in [-0.4, -0.2) is 38.0 Å². The van der Waals surface area contributed by atoms with Crippen molar-refractivity contribution in [3.63, 3.8) is 0 Å². The summed E-state index contributed by atoms with van der Waals surface area (Å²) in [4.78, 5) is 24.0. The molecule has 0 rings (SSSR count). The van der Waals surface area contributed by atoms with Gasteiger partial charge in [-0.1, -0.05) is 168 Å². The summed E-state index contributed by atoms with van der Waals surface area (Å²) in [5, 5.41) is 9.54. The van der Waals surface area contributed by atoms with Crippen LogP contribution >= 0.6 is 0 Å². The molecule has 0 radical (unpaired) electrons. The lowest BCUT2D eigenvalue weighted by Gasteiger charge is -2.08. The molecule has 0 aromatic rings. The maximum atomic E-state index is 12.0. The average Bonchev–Trinajstić information content (AvgIpc) is 3.01. The molecule has 0 atom stereocenters. The van der Waals surface area contributed by atoms with E-state index in [9.17, 15) is 9.59 Å². The number of hydrogen-bond donors (Lipinski definition) is 3. The van der Waals surface area contributed by atoms with Crippen molar-refractivity contribution in [2.75, 3.05) is 26.2 Å². The molecule has 0 saturated carbocycles. The Morgan fingerprint density at radius 3 is 0.860 bits per heavy atom. The van der Waals surface area contributed by atoms with Crippen LogP contribution in [-0.2, 0) is 9.59 Å². The lowest BCUT2D eigenvalue weighted by molar-refractivity contribution is -0.122. The van der Waals surface area contributed by atoms with Crippen molar-refractivity contribution < 1.29 is 9.59 Å². The van der Waals surface area contributed by atoms with Gasteiger partial charge in [-0.15, -0.1) is 0 Å². The molecule has 0 bridgehead atoms. The third-order valence-electron chi connectivity index (χ3n) is 8.72. The molecule has 5 nitrogen and oxygen atoms in total. The standard InChI is InChI=1S/C38H77N3O2/c1-3-5-7-9-11-13-15-17-19-21-23-25-27-31-37(42)40-35-29-33-39-34-30-36-41-38(43)32-28-26-24-22-20-18-16-14-12-10-8-6-4-2/h39H,3-36H2,1-2H3,(H,40,42)(H,41,43). The van der Waals surface area contributed by atoms with E-state index in [4.69, 9.17) is 0 Å². The highest BCUT2D eigenvalue weighted by atomic mass is 16.2. The average molecular weight is 608 g/mol. The Balaban J connectivity index is 3.24. The smallest absolute Gasteiger partial charge is 0.219 e. The predicted molar refractivity (Wildman–Crippen MR) is 189 cm³/mol. The molecule has 2 amide bonds. The Labute approximate surface area is 269 Å². The van der Waals surface area contributed by atoms with Crippen LogP contribution in [0.5, 0.6) is 0 Å². The maximum absolute atomic E-state index is 12.0. The van der Waals surface area contributed by atoms with E-state index < -0.39 is 0 Å². The number of hydrogen-bond acceptors (Lipinski definition) is 3. The number of carbonyl (C=O) groups is 2. The van der Waals surface area contributed by atoms with Crippen LogP contribution in [0.15, 0.2) is 0 Å². The second kappa shape index (κ2) is 37.1. The zero-order chi connectivity index (χ0) is 31.3. The van der Waals surface area contributed by atoms with Crippen molar-refractivity contribution >= 4 is 11.8 Å². The highest BCUT2D eigenvalue weighted by Gasteiger charge is 2.02. The number of rotatable bonds is 36. The first kappa shape index (κ1) is 41.9. The monoisotopic (exact) mass is 608 g/mol. The van der Waals surface area contributed by atoms with E-state index in [2.05, 4.69) is 29.8 Å². The van der Waals surface area contributed by atoms with Crippen LogP contribution in [0.25, 0.3) is 0 Å². The van der Waals surface area contributed by atoms with Gasteiger partial charge in [-0.25, -0.2) is 0 Å². The third kappa shape index (κ3) is 37.0. The number of unbranched alkanes of at least 4 members (excludes halogenated alkanes) is 24. The summed E-state index contributed by atoms with van der Waals surface area (Å²) in [7, 11) is 0. The summed E-state index contributed by atoms with van der Waals surface area (Å²) in [6, 6.07) is 0. The number of nitrogens with one attached hydrogen (secondary N) is 3. The summed E-state index contributed by atoms with van der Waals surface area (Å²) in [6.45, 7) is 7.87. The lowest BCUT2D eigenvalue weighted by Crippen LogP contribution is -2.29. The fourth-order valence-electron chi connectivity index (χ4n) is 5.79. The summed E-state index contributed by atoms with van der Waals surface area (Å²) in [6.07, 6.45) is 38.0. The molecule has 0 aromatic carbocycles. The molecule has 0 aliphatic carbocycles. The minimum Gasteiger partial charge on any atom is -0.356 e. The van der Waals surface area contributed by atoms with Crippen molar-refractivity contribution in [2.24, 2.45) is 0 Å². The van der Waals surface area contributed by atoms with Crippen LogP contribution in [0.2, 0.25) is 0 Å². The molecular formula is C38H77N3O2. The molecule has 0 spiro atoms. The molecule has 0 aliphatic heterocycles. The van der Waals surface area contributed by atoms with Crippen molar-refractivity contribution in [1.29, 1.82) is 0 Å². The van der Waals surface area contributed by atoms with E-state index in [1.54, 1.807) is 0 Å². The largest absolute Gasteiger partial charge is 0.356 e. The summed E-state index contributed by atoms with van der Waals surface area (Å²) in [5.41, 5.74) is 0. The molecule has 5 heteroatoms. The van der Waals surface area contributed by atoms with Gasteiger partial charge in [0.15, 0.2) is 0 Å². The van der Waals surface area contributed by atoms with E-state index >= 15 is 0 Å². The minimum absolute atomic E-state index is 0.203. The molecular weight excluding hydrogens is 530 g/mol. The van der Waals surface area contributed by atoms with Crippen LogP contribution in [0.4, 0.5) is 0 Å². The van der Waals surface area contributed by atoms with Crippen molar-refractivity contribution in [1.82, 2.24) is 16.0 Å². The van der Waals surface area contributed by atoms with Crippen LogP contribution in [0, 0.1) is 0 Å². The maximum Gasteiger partial charge on any atom is 0.219 e. The fraction of sp³-hybridized carbons (Fsp3) is 0.947. The van der Waals surface area contributed by atoms with Crippen LogP contribution in [0.1, 0.15) is 206 Å². The van der Waals surface area contributed by atoms with E-state index in [0.717, 1.165) is 51.9 Å². The van der Waals surface area contributed by atoms with E-state index in [-0.39, 0.29) is 11.8 Å². The van der Waals surface area contributed by atoms with E-state index in [1.165, 1.54) is 154 Å². The Morgan fingerprint density at radius 1 is 0.326 bits per heavy atom. The second-order valence-electron chi connectivity index (χ2n) is 13.1. The Morgan fingerprint density at radius 2 is 0.581 bits per heavy atom. The van der Waals surface area contributed by atoms with Gasteiger partial charge in [-0.2, -0.15) is 0 Å². The second-order valence-corrected chi connectivity index (χ2v) is 13.1. The molecule has 0 saturated heterocycles. The minimum atomic E-state index is 0.203. The third-order valence-corrected chi connectivity index (χ3v) is 8.72. The van der Waals surface area contributed by atoms with Gasteiger partial charge in [0.2, 0.25) is 11.8 Å². The molecule has 0 heterocycles. The normalized spacial score (nSPS) is 11.2. The molecule has 0 aromatic heterocycles. The molecule has 0 unspecified atom stereocenters. The van der Waals surface area contributed by atoms with Gasteiger partial charge < -0.3 is 16.0 Å². The number of carbonyl (C=O) groups excluding carboxylic acids is 2. The summed E-state index contributed by atoms with van der Waals surface area (Å²) < 4.78 is 0. The van der Waals surface area contributed by atoms with E-state index in [0.29, 0.717) is 12.8 Å². The predicted octanol–water partition coefficient (Wildman–Crippen LogP) is 10.6. The SMILES string of the molecule is CCCCCCCCCCCCCCCC(=O)NCCCNCCCNC(=O)CCCCCCCCCCCCCCC. The first-order valence-corrected chi connectivity index (χ1v) is 19.4. The van der Waals surface area contributed by atoms with Gasteiger partial charge in [-0.3, -0.25) is 9.59 Å². The summed E-state index contributed by atoms with van der Waals surface area (Å²) >= 11 is 0. The van der Waals surface area contributed by atoms with Gasteiger partial charge in [0.1, 0.15) is 0 Å². The van der Waals surface area contributed by atoms with Gasteiger partial charge in [0.05, 0.1) is 0 Å². The van der Waals surface area contributed by atoms with Crippen LogP contribution < -0.4 is 16.0 Å². The topological polar surface area (TPSA) is 70.2 Å². The molecule has 3 N–H and O–H groups in total. The van der Waals surface area contributed by atoms with Crippen molar-refractivity contribution in [3.05, 3.63) is 0 Å². The van der Waals surface area contributed by atoms with Gasteiger partial charge in [-0.05, 0) is 38.8 Å². The van der Waals surface area contributed by atoms with Gasteiger partial charge in [0, 0.05) is 25.9 Å². The van der Waals surface area contributed by atoms with Gasteiger partial charge in [0.25, 0.3) is 0 Å². The lowest BCUT2D eigenvalue weighted by atomic mass is 10.0. The first-order valence-electron chi connectivity index (χ1n) is 19.4. The Kier molecular flexibility index (Phi) is 36.1. The Hall–Kier alpha value is -1.10. The van der Waals surface area contributed by atoms with Crippen molar-refractivity contribution in [3.8, 4) is 0 Å².